The van der Waals surface area contributed by atoms with Crippen LogP contribution < -0.4 is 21.3 Å². The van der Waals surface area contributed by atoms with Crippen LogP contribution in [0.5, 0.6) is 0 Å². The molecule has 0 unspecified atom stereocenters. The van der Waals surface area contributed by atoms with E-state index >= 15 is 0 Å². The molecule has 2 aliphatic heterocycles. The maximum absolute atomic E-state index is 2.66. The van der Waals surface area contributed by atoms with E-state index in [0.717, 1.165) is 5.69 Å². The Hall–Kier alpha value is -8.14. The van der Waals surface area contributed by atoms with Crippen LogP contribution in [0.15, 0.2) is 212 Å². The second-order valence-corrected chi connectivity index (χ2v) is 22.0. The van der Waals surface area contributed by atoms with Gasteiger partial charge in [-0.25, -0.2) is 0 Å². The first-order chi connectivity index (χ1) is 34.5. The highest BCUT2D eigenvalue weighted by molar-refractivity contribution is 7.00. The van der Waals surface area contributed by atoms with Crippen molar-refractivity contribution in [3.63, 3.8) is 0 Å². The lowest BCUT2D eigenvalue weighted by Gasteiger charge is -2.41. The van der Waals surface area contributed by atoms with Crippen molar-refractivity contribution in [3.8, 4) is 39.1 Å². The van der Waals surface area contributed by atoms with Gasteiger partial charge in [-0.15, -0.1) is 0 Å². The molecule has 2 nitrogen and oxygen atoms in total. The fourth-order valence-electron chi connectivity index (χ4n) is 12.5. The van der Waals surface area contributed by atoms with Crippen LogP contribution in [0.2, 0.25) is 0 Å². The highest BCUT2D eigenvalue weighted by atomic mass is 15.2. The van der Waals surface area contributed by atoms with E-state index in [-0.39, 0.29) is 17.5 Å². The summed E-state index contributed by atoms with van der Waals surface area (Å²) in [5, 5.41) is 10.4. The number of nitrogens with zero attached hydrogens (tertiary/aromatic N) is 2. The third-order valence-corrected chi connectivity index (χ3v) is 15.8. The van der Waals surface area contributed by atoms with Gasteiger partial charge in [-0.1, -0.05) is 217 Å². The van der Waals surface area contributed by atoms with E-state index < -0.39 is 0 Å². The van der Waals surface area contributed by atoms with Gasteiger partial charge in [0.05, 0.1) is 11.0 Å². The lowest BCUT2D eigenvalue weighted by atomic mass is 9.33. The van der Waals surface area contributed by atoms with E-state index in [0.29, 0.717) is 0 Å². The second-order valence-electron chi connectivity index (χ2n) is 22.0. The zero-order chi connectivity index (χ0) is 47.9. The minimum Gasteiger partial charge on any atom is -0.311 e. The molecule has 3 heterocycles. The molecule has 1 aromatic heterocycles. The van der Waals surface area contributed by atoms with Gasteiger partial charge in [-0.3, -0.25) is 0 Å². The first kappa shape index (κ1) is 41.8. The van der Waals surface area contributed by atoms with Crippen LogP contribution in [0.3, 0.4) is 0 Å². The molecule has 14 rings (SSSR count). The number of para-hydroxylation sites is 1. The van der Waals surface area contributed by atoms with Gasteiger partial charge in [0, 0.05) is 38.9 Å². The Morgan fingerprint density at radius 1 is 0.366 bits per heavy atom. The Balaban J connectivity index is 1.20. The third-order valence-electron chi connectivity index (χ3n) is 15.8. The average molecular weight is 909 g/mol. The summed E-state index contributed by atoms with van der Waals surface area (Å²) < 4.78 is 2.66. The number of aromatic nitrogens is 1. The maximum atomic E-state index is 2.66. The van der Waals surface area contributed by atoms with Crippen molar-refractivity contribution < 1.29 is 0 Å². The van der Waals surface area contributed by atoms with E-state index in [1.165, 1.54) is 132 Å². The number of hydrogen-bond acceptors (Lipinski definition) is 1. The second kappa shape index (κ2) is 15.2. The summed E-state index contributed by atoms with van der Waals surface area (Å²) in [5.74, 6) is 0. The van der Waals surface area contributed by atoms with Gasteiger partial charge >= 0.3 is 0 Å². The van der Waals surface area contributed by atoms with E-state index in [1.54, 1.807) is 0 Å². The van der Waals surface area contributed by atoms with Crippen molar-refractivity contribution in [1.82, 2.24) is 4.57 Å². The van der Waals surface area contributed by atoms with Crippen molar-refractivity contribution >= 4 is 94.3 Å². The van der Waals surface area contributed by atoms with E-state index in [1.807, 2.05) is 0 Å². The molecule has 0 saturated carbocycles. The normalized spacial score (nSPS) is 13.2. The number of benzene rings is 11. The molecule has 0 saturated heterocycles. The van der Waals surface area contributed by atoms with Gasteiger partial charge in [-0.2, -0.15) is 0 Å². The zero-order valence-electron chi connectivity index (χ0n) is 41.2. The van der Waals surface area contributed by atoms with E-state index in [4.69, 9.17) is 0 Å². The molecule has 0 radical (unpaired) electrons. The smallest absolute Gasteiger partial charge is 0.252 e. The number of fused-ring (bicyclic) bond motifs is 14. The van der Waals surface area contributed by atoms with Crippen molar-refractivity contribution in [2.45, 2.75) is 52.4 Å². The Morgan fingerprint density at radius 2 is 0.901 bits per heavy atom. The number of anilines is 3. The monoisotopic (exact) mass is 908 g/mol. The molecule has 0 N–H and O–H groups in total. The molecule has 0 spiro atoms. The average Bonchev–Trinajstić information content (AvgIpc) is 3.75. The molecule has 0 bridgehead atoms. The Morgan fingerprint density at radius 3 is 1.54 bits per heavy atom. The van der Waals surface area contributed by atoms with Gasteiger partial charge in [0.1, 0.15) is 0 Å². The Kier molecular flexibility index (Phi) is 8.94. The maximum Gasteiger partial charge on any atom is 0.252 e. The summed E-state index contributed by atoms with van der Waals surface area (Å²) in [6, 6.07) is 80.7. The minimum absolute atomic E-state index is 0.0158. The van der Waals surface area contributed by atoms with Crippen molar-refractivity contribution in [2.75, 3.05) is 4.90 Å². The predicted molar refractivity (Wildman–Crippen MR) is 306 cm³/mol. The van der Waals surface area contributed by atoms with Crippen LogP contribution in [0.4, 0.5) is 17.1 Å². The molecule has 0 fully saturated rings. The Bertz CT molecular complexity index is 4110. The van der Waals surface area contributed by atoms with Gasteiger partial charge in [0.2, 0.25) is 0 Å². The van der Waals surface area contributed by atoms with Crippen molar-refractivity contribution in [2.24, 2.45) is 0 Å². The third kappa shape index (κ3) is 6.15. The molecule has 2 aliphatic rings. The summed E-state index contributed by atoms with van der Waals surface area (Å²) in [6.45, 7) is 13.9. The largest absolute Gasteiger partial charge is 0.311 e. The molecular formula is C68H53BN2. The molecule has 12 aromatic rings. The highest BCUT2D eigenvalue weighted by Crippen LogP contribution is 2.49. The number of rotatable bonds is 4. The standard InChI is InChI=1S/C68H53BN2/c1-67(2,3)45-32-35-47(36-33-45)70-59-37-34-46(68(4,5)6)40-56(59)69-57-41-55-52-26-14-13-24-50(52)51-25-15-16-27-53(51)63(55)64-54-28-17-18-31-58(54)71(66(57)64)61-39-44(38-60(70)65(61)69)62-48(42-20-9-7-10-21-42)29-19-30-49(62)43-22-11-8-12-23-43/h7-41H,1-6H3. The predicted octanol–water partition coefficient (Wildman–Crippen LogP) is 16.5. The molecule has 0 amide bonds. The fourth-order valence-corrected chi connectivity index (χ4v) is 12.5. The van der Waals surface area contributed by atoms with Gasteiger partial charge in [-0.05, 0) is 135 Å². The van der Waals surface area contributed by atoms with Crippen LogP contribution >= 0.6 is 0 Å². The summed E-state index contributed by atoms with van der Waals surface area (Å²) >= 11 is 0. The molecule has 0 aliphatic carbocycles. The van der Waals surface area contributed by atoms with Gasteiger partial charge in [0.25, 0.3) is 6.71 Å². The van der Waals surface area contributed by atoms with E-state index in [9.17, 15) is 0 Å². The summed E-state index contributed by atoms with van der Waals surface area (Å²) in [7, 11) is 0. The molecular weight excluding hydrogens is 856 g/mol. The topological polar surface area (TPSA) is 8.17 Å². The molecule has 3 heteroatoms. The summed E-state index contributed by atoms with van der Waals surface area (Å²) in [4.78, 5) is 2.60. The van der Waals surface area contributed by atoms with Crippen LogP contribution in [0, 0.1) is 0 Å². The summed E-state index contributed by atoms with van der Waals surface area (Å²) in [6.07, 6.45) is 0. The fraction of sp³-hybridized carbons (Fsp3) is 0.118. The van der Waals surface area contributed by atoms with Crippen LogP contribution in [-0.2, 0) is 10.8 Å². The number of hydrogen-bond donors (Lipinski definition) is 0. The minimum atomic E-state index is -0.0619. The zero-order valence-corrected chi connectivity index (χ0v) is 41.2. The molecule has 338 valence electrons. The lowest BCUT2D eigenvalue weighted by molar-refractivity contribution is 0.590. The molecule has 0 atom stereocenters. The molecule has 11 aromatic carbocycles. The van der Waals surface area contributed by atoms with Crippen LogP contribution in [0.25, 0.3) is 93.2 Å². The first-order valence-electron chi connectivity index (χ1n) is 25.3. The van der Waals surface area contributed by atoms with Crippen LogP contribution in [0.1, 0.15) is 52.7 Å². The van der Waals surface area contributed by atoms with Crippen LogP contribution in [-0.4, -0.2) is 11.3 Å². The lowest BCUT2D eigenvalue weighted by Crippen LogP contribution is -2.60. The Labute approximate surface area is 416 Å². The SMILES string of the molecule is CC(C)(C)c1ccc(N2c3ccc(C(C)(C)C)cc3B3c4c2cc(-c2c(-c5ccccc5)cccc2-c2ccccc2)cc4-n2c4ccccc4c4c5c6ccccc6c6ccccc6c5cc3c42)cc1. The highest BCUT2D eigenvalue weighted by Gasteiger charge is 2.44. The van der Waals surface area contributed by atoms with Gasteiger partial charge in [0.15, 0.2) is 0 Å². The van der Waals surface area contributed by atoms with Crippen molar-refractivity contribution in [3.05, 3.63) is 223 Å². The van der Waals surface area contributed by atoms with Crippen molar-refractivity contribution in [1.29, 1.82) is 0 Å². The summed E-state index contributed by atoms with van der Waals surface area (Å²) in [5.41, 5.74) is 21.2. The molecule has 71 heavy (non-hydrogen) atoms. The first-order valence-corrected chi connectivity index (χ1v) is 25.3. The van der Waals surface area contributed by atoms with Gasteiger partial charge < -0.3 is 9.47 Å². The van der Waals surface area contributed by atoms with E-state index in [2.05, 4.69) is 263 Å². The quantitative estimate of drug-likeness (QED) is 0.126.